The van der Waals surface area contributed by atoms with E-state index < -0.39 is 6.10 Å². The molecule has 4 N–H and O–H groups in total. The van der Waals surface area contributed by atoms with Crippen LogP contribution in [0.2, 0.25) is 0 Å². The number of rotatable bonds is 5. The summed E-state index contributed by atoms with van der Waals surface area (Å²) in [6.07, 6.45) is 2.72. The van der Waals surface area contributed by atoms with Crippen LogP contribution in [-0.2, 0) is 0 Å². The van der Waals surface area contributed by atoms with Gasteiger partial charge in [0.25, 0.3) is 0 Å². The highest BCUT2D eigenvalue weighted by Crippen LogP contribution is 2.32. The van der Waals surface area contributed by atoms with Crippen LogP contribution in [0.15, 0.2) is 24.3 Å². The first-order valence-corrected chi connectivity index (χ1v) is 7.67. The average Bonchev–Trinajstić information content (AvgIpc) is 2.54. The Morgan fingerprint density at radius 1 is 1.23 bits per heavy atom. The molecule has 5 nitrogen and oxygen atoms in total. The van der Waals surface area contributed by atoms with Crippen LogP contribution >= 0.6 is 0 Å². The normalized spacial score (nSPS) is 22.9. The number of hydrogen-bond donors (Lipinski definition) is 4. The maximum Gasteiger partial charge on any atom is 0.315 e. The van der Waals surface area contributed by atoms with Crippen molar-refractivity contribution in [3.8, 4) is 0 Å². The van der Waals surface area contributed by atoms with E-state index in [2.05, 4.69) is 10.6 Å². The van der Waals surface area contributed by atoms with Crippen LogP contribution in [0.5, 0.6) is 0 Å². The molecule has 0 saturated heterocycles. The second kappa shape index (κ2) is 8.10. The van der Waals surface area contributed by atoms with Crippen molar-refractivity contribution in [3.63, 3.8) is 0 Å². The number of aliphatic hydroxyl groups is 2. The van der Waals surface area contributed by atoms with E-state index in [1.165, 1.54) is 12.1 Å². The fourth-order valence-electron chi connectivity index (χ4n) is 2.82. The van der Waals surface area contributed by atoms with Gasteiger partial charge in [-0.15, -0.1) is 0 Å². The highest BCUT2D eigenvalue weighted by molar-refractivity contribution is 5.74. The smallest absolute Gasteiger partial charge is 0.315 e. The molecule has 0 heterocycles. The molecule has 0 aromatic heterocycles. The van der Waals surface area contributed by atoms with E-state index in [0.29, 0.717) is 5.92 Å². The first-order chi connectivity index (χ1) is 10.6. The topological polar surface area (TPSA) is 81.6 Å². The van der Waals surface area contributed by atoms with Gasteiger partial charge in [-0.25, -0.2) is 9.18 Å². The summed E-state index contributed by atoms with van der Waals surface area (Å²) in [5.74, 6) is 0.193. The number of carbonyl (C=O) groups excluding carboxylic acids is 1. The summed E-state index contributed by atoms with van der Waals surface area (Å²) < 4.78 is 12.9. The van der Waals surface area contributed by atoms with E-state index in [9.17, 15) is 14.3 Å². The van der Waals surface area contributed by atoms with Gasteiger partial charge in [0.05, 0.1) is 12.7 Å². The van der Waals surface area contributed by atoms with Crippen molar-refractivity contribution in [1.29, 1.82) is 0 Å². The van der Waals surface area contributed by atoms with Crippen LogP contribution in [0, 0.1) is 5.82 Å². The molecule has 1 atom stereocenters. The largest absolute Gasteiger partial charge is 0.394 e. The average molecular weight is 310 g/mol. The second-order valence-corrected chi connectivity index (χ2v) is 5.79. The van der Waals surface area contributed by atoms with Crippen LogP contribution in [-0.4, -0.2) is 41.5 Å². The standard InChI is InChI=1S/C16H23FN2O3/c17-13-5-1-11(2-6-13)12-3-7-14(8-4-12)19-16(22)18-9-15(21)10-20/h1-2,5-6,12,14-15,20-21H,3-4,7-10H2,(H2,18,19,22)/t12?,14?,15-/m1/s1. The summed E-state index contributed by atoms with van der Waals surface area (Å²) >= 11 is 0. The molecule has 1 aromatic rings. The van der Waals surface area contributed by atoms with Gasteiger partial charge in [-0.1, -0.05) is 12.1 Å². The molecular formula is C16H23FN2O3. The Balaban J connectivity index is 1.73. The molecule has 2 amide bonds. The van der Waals surface area contributed by atoms with Gasteiger partial charge in [-0.05, 0) is 49.3 Å². The lowest BCUT2D eigenvalue weighted by Crippen LogP contribution is -2.46. The molecule has 2 rings (SSSR count). The Hall–Kier alpha value is -1.66. The zero-order valence-corrected chi connectivity index (χ0v) is 12.5. The summed E-state index contributed by atoms with van der Waals surface area (Å²) in [6, 6.07) is 6.42. The highest BCUT2D eigenvalue weighted by atomic mass is 19.1. The van der Waals surface area contributed by atoms with Crippen LogP contribution in [0.4, 0.5) is 9.18 Å². The molecule has 122 valence electrons. The van der Waals surface area contributed by atoms with E-state index in [4.69, 9.17) is 5.11 Å². The number of amides is 2. The van der Waals surface area contributed by atoms with Crippen molar-refractivity contribution in [2.75, 3.05) is 13.2 Å². The molecule has 1 aromatic carbocycles. The molecule has 6 heteroatoms. The Labute approximate surface area is 129 Å². The van der Waals surface area contributed by atoms with Crippen LogP contribution < -0.4 is 10.6 Å². The van der Waals surface area contributed by atoms with Crippen molar-refractivity contribution < 1.29 is 19.4 Å². The molecule has 1 aliphatic rings. The maximum atomic E-state index is 12.9. The minimum absolute atomic E-state index is 0.0350. The Kier molecular flexibility index (Phi) is 6.15. The lowest BCUT2D eigenvalue weighted by atomic mass is 9.82. The van der Waals surface area contributed by atoms with Crippen molar-refractivity contribution in [2.24, 2.45) is 0 Å². The molecule has 0 radical (unpaired) electrons. The van der Waals surface area contributed by atoms with Crippen molar-refractivity contribution >= 4 is 6.03 Å². The molecular weight excluding hydrogens is 287 g/mol. The minimum atomic E-state index is -0.931. The first kappa shape index (κ1) is 16.7. The summed E-state index contributed by atoms with van der Waals surface area (Å²) in [5.41, 5.74) is 1.15. The van der Waals surface area contributed by atoms with Crippen LogP contribution in [0.3, 0.4) is 0 Å². The predicted molar refractivity (Wildman–Crippen MR) is 81.0 cm³/mol. The summed E-state index contributed by atoms with van der Waals surface area (Å²) in [7, 11) is 0. The zero-order chi connectivity index (χ0) is 15.9. The first-order valence-electron chi connectivity index (χ1n) is 7.67. The molecule has 1 fully saturated rings. The Morgan fingerprint density at radius 2 is 1.86 bits per heavy atom. The zero-order valence-electron chi connectivity index (χ0n) is 12.5. The molecule has 22 heavy (non-hydrogen) atoms. The quantitative estimate of drug-likeness (QED) is 0.665. The second-order valence-electron chi connectivity index (χ2n) is 5.79. The fraction of sp³-hybridized carbons (Fsp3) is 0.562. The summed E-state index contributed by atoms with van der Waals surface area (Å²) in [5, 5.41) is 23.3. The number of aliphatic hydroxyl groups excluding tert-OH is 2. The Bertz CT molecular complexity index is 473. The lowest BCUT2D eigenvalue weighted by molar-refractivity contribution is 0.0957. The number of urea groups is 1. The van der Waals surface area contributed by atoms with Gasteiger partial charge < -0.3 is 20.8 Å². The van der Waals surface area contributed by atoms with Crippen molar-refractivity contribution in [3.05, 3.63) is 35.6 Å². The van der Waals surface area contributed by atoms with Gasteiger partial charge in [0, 0.05) is 12.6 Å². The van der Waals surface area contributed by atoms with E-state index in [1.807, 2.05) is 12.1 Å². The number of hydrogen-bond acceptors (Lipinski definition) is 3. The van der Waals surface area contributed by atoms with Gasteiger partial charge in [-0.2, -0.15) is 0 Å². The molecule has 0 bridgehead atoms. The van der Waals surface area contributed by atoms with Gasteiger partial charge >= 0.3 is 6.03 Å². The third kappa shape index (κ3) is 4.96. The lowest BCUT2D eigenvalue weighted by Gasteiger charge is -2.29. The SMILES string of the molecule is O=C(NC[C@@H](O)CO)NC1CCC(c2ccc(F)cc2)CC1. The molecule has 0 aliphatic heterocycles. The molecule has 0 unspecified atom stereocenters. The fourth-order valence-corrected chi connectivity index (χ4v) is 2.82. The van der Waals surface area contributed by atoms with Gasteiger partial charge in [0.15, 0.2) is 0 Å². The van der Waals surface area contributed by atoms with Crippen molar-refractivity contribution in [2.45, 2.75) is 43.7 Å². The van der Waals surface area contributed by atoms with Gasteiger partial charge in [0.1, 0.15) is 5.82 Å². The number of halogens is 1. The van der Waals surface area contributed by atoms with E-state index in [-0.39, 0.29) is 31.0 Å². The number of nitrogens with one attached hydrogen (secondary N) is 2. The highest BCUT2D eigenvalue weighted by Gasteiger charge is 2.23. The maximum absolute atomic E-state index is 12.9. The number of benzene rings is 1. The molecule has 1 aliphatic carbocycles. The van der Waals surface area contributed by atoms with Crippen molar-refractivity contribution in [1.82, 2.24) is 10.6 Å². The summed E-state index contributed by atoms with van der Waals surface area (Å²) in [4.78, 5) is 11.7. The third-order valence-electron chi connectivity index (χ3n) is 4.11. The third-order valence-corrected chi connectivity index (χ3v) is 4.11. The van der Waals surface area contributed by atoms with Gasteiger partial charge in [-0.3, -0.25) is 0 Å². The van der Waals surface area contributed by atoms with E-state index >= 15 is 0 Å². The van der Waals surface area contributed by atoms with Crippen LogP contribution in [0.1, 0.15) is 37.2 Å². The Morgan fingerprint density at radius 3 is 2.45 bits per heavy atom. The summed E-state index contributed by atoms with van der Waals surface area (Å²) in [6.45, 7) is -0.337. The van der Waals surface area contributed by atoms with E-state index in [1.54, 1.807) is 0 Å². The van der Waals surface area contributed by atoms with Gasteiger partial charge in [0.2, 0.25) is 0 Å². The van der Waals surface area contributed by atoms with Crippen LogP contribution in [0.25, 0.3) is 0 Å². The predicted octanol–water partition coefficient (Wildman–Crippen LogP) is 1.50. The monoisotopic (exact) mass is 310 g/mol. The van der Waals surface area contributed by atoms with E-state index in [0.717, 1.165) is 31.2 Å². The molecule has 1 saturated carbocycles. The number of carbonyl (C=O) groups is 1. The molecule has 0 spiro atoms. The minimum Gasteiger partial charge on any atom is -0.394 e.